The number of hydrogen-bond acceptors (Lipinski definition) is 5. The summed E-state index contributed by atoms with van der Waals surface area (Å²) in [6.45, 7) is 0.209. The van der Waals surface area contributed by atoms with Crippen molar-refractivity contribution in [2.75, 3.05) is 6.54 Å². The molecule has 0 fully saturated rings. The Labute approximate surface area is 156 Å². The SMILES string of the molecule is O=C(/C=C/c1ccc2[nH]c(CCNS(=O)(=O)c3ccccc3)nc2c1)NO. The molecular formula is C18H18N4O4S. The van der Waals surface area contributed by atoms with Crippen LogP contribution < -0.4 is 10.2 Å². The molecule has 4 N–H and O–H groups in total. The van der Waals surface area contributed by atoms with Gasteiger partial charge >= 0.3 is 0 Å². The van der Waals surface area contributed by atoms with Crippen molar-refractivity contribution in [3.05, 3.63) is 66.0 Å². The van der Waals surface area contributed by atoms with E-state index in [0.717, 1.165) is 11.1 Å². The van der Waals surface area contributed by atoms with E-state index in [0.29, 0.717) is 17.8 Å². The zero-order valence-corrected chi connectivity index (χ0v) is 15.0. The quantitative estimate of drug-likeness (QED) is 0.279. The predicted octanol–water partition coefficient (Wildman–Crippen LogP) is 1.60. The number of nitrogens with one attached hydrogen (secondary N) is 3. The third-order valence-electron chi connectivity index (χ3n) is 3.80. The number of fused-ring (bicyclic) bond motifs is 1. The van der Waals surface area contributed by atoms with Gasteiger partial charge in [-0.05, 0) is 35.9 Å². The summed E-state index contributed by atoms with van der Waals surface area (Å²) < 4.78 is 26.9. The minimum Gasteiger partial charge on any atom is -0.342 e. The number of rotatable bonds is 7. The fraction of sp³-hybridized carbons (Fsp3) is 0.111. The topological polar surface area (TPSA) is 124 Å². The highest BCUT2D eigenvalue weighted by Gasteiger charge is 2.13. The van der Waals surface area contributed by atoms with Gasteiger partial charge in [-0.25, -0.2) is 23.6 Å². The van der Waals surface area contributed by atoms with E-state index in [-0.39, 0.29) is 11.4 Å². The second-order valence-electron chi connectivity index (χ2n) is 5.73. The van der Waals surface area contributed by atoms with Gasteiger partial charge in [0.15, 0.2) is 0 Å². The van der Waals surface area contributed by atoms with Gasteiger partial charge in [-0.2, -0.15) is 0 Å². The molecule has 0 bridgehead atoms. The van der Waals surface area contributed by atoms with Crippen LogP contribution in [0.3, 0.4) is 0 Å². The predicted molar refractivity (Wildman–Crippen MR) is 100 cm³/mol. The van der Waals surface area contributed by atoms with E-state index in [1.807, 2.05) is 6.07 Å². The average molecular weight is 386 g/mol. The molecular weight excluding hydrogens is 368 g/mol. The summed E-state index contributed by atoms with van der Waals surface area (Å²) in [5.41, 5.74) is 3.77. The van der Waals surface area contributed by atoms with E-state index in [9.17, 15) is 13.2 Å². The first-order valence-electron chi connectivity index (χ1n) is 8.13. The average Bonchev–Trinajstić information content (AvgIpc) is 3.08. The molecule has 9 heteroatoms. The molecule has 0 saturated carbocycles. The van der Waals surface area contributed by atoms with Crippen LogP contribution >= 0.6 is 0 Å². The monoisotopic (exact) mass is 386 g/mol. The summed E-state index contributed by atoms with van der Waals surface area (Å²) in [6.07, 6.45) is 3.15. The molecule has 1 heterocycles. The molecule has 2 aromatic carbocycles. The fourth-order valence-corrected chi connectivity index (χ4v) is 3.55. The van der Waals surface area contributed by atoms with Crippen molar-refractivity contribution in [1.82, 2.24) is 20.2 Å². The highest BCUT2D eigenvalue weighted by molar-refractivity contribution is 7.89. The lowest BCUT2D eigenvalue weighted by Gasteiger charge is -2.05. The van der Waals surface area contributed by atoms with Crippen molar-refractivity contribution in [3.63, 3.8) is 0 Å². The number of imidazole rings is 1. The van der Waals surface area contributed by atoms with E-state index < -0.39 is 15.9 Å². The van der Waals surface area contributed by atoms with Gasteiger partial charge in [0.05, 0.1) is 15.9 Å². The minimum absolute atomic E-state index is 0.209. The summed E-state index contributed by atoms with van der Waals surface area (Å²) in [7, 11) is -3.54. The van der Waals surface area contributed by atoms with Gasteiger partial charge in [0.1, 0.15) is 5.82 Å². The molecule has 0 aliphatic rings. The zero-order chi connectivity index (χ0) is 19.3. The molecule has 3 aromatic rings. The summed E-state index contributed by atoms with van der Waals surface area (Å²) in [5.74, 6) is 0.0264. The molecule has 1 aromatic heterocycles. The van der Waals surface area contributed by atoms with Crippen molar-refractivity contribution in [1.29, 1.82) is 0 Å². The Balaban J connectivity index is 1.66. The molecule has 1 amide bonds. The smallest absolute Gasteiger partial charge is 0.267 e. The van der Waals surface area contributed by atoms with E-state index >= 15 is 0 Å². The lowest BCUT2D eigenvalue weighted by atomic mass is 10.2. The van der Waals surface area contributed by atoms with Crippen LogP contribution in [0.5, 0.6) is 0 Å². The first-order chi connectivity index (χ1) is 13.0. The number of H-pyrrole nitrogens is 1. The van der Waals surface area contributed by atoms with E-state index in [1.54, 1.807) is 36.4 Å². The van der Waals surface area contributed by atoms with Crippen molar-refractivity contribution in [2.45, 2.75) is 11.3 Å². The number of carbonyl (C=O) groups is 1. The number of amides is 1. The molecule has 27 heavy (non-hydrogen) atoms. The Morgan fingerprint density at radius 1 is 1.19 bits per heavy atom. The van der Waals surface area contributed by atoms with Gasteiger partial charge in [0.2, 0.25) is 10.0 Å². The number of carbonyl (C=O) groups excluding carboxylic acids is 1. The van der Waals surface area contributed by atoms with Crippen LogP contribution in [0.15, 0.2) is 59.5 Å². The third kappa shape index (κ3) is 4.79. The standard InChI is InChI=1S/C18H18N4O4S/c23-18(22-24)9-7-13-6-8-15-16(12-13)21-17(20-15)10-11-19-27(25,26)14-4-2-1-3-5-14/h1-9,12,19,24H,10-11H2,(H,20,21)(H,22,23)/b9-7+. The Bertz CT molecular complexity index is 1080. The van der Waals surface area contributed by atoms with Gasteiger partial charge in [-0.1, -0.05) is 24.3 Å². The lowest BCUT2D eigenvalue weighted by molar-refractivity contribution is -0.124. The highest BCUT2D eigenvalue weighted by Crippen LogP contribution is 2.15. The number of sulfonamides is 1. The highest BCUT2D eigenvalue weighted by atomic mass is 32.2. The molecule has 0 radical (unpaired) electrons. The van der Waals surface area contributed by atoms with Crippen LogP contribution in [0.25, 0.3) is 17.1 Å². The van der Waals surface area contributed by atoms with Crippen molar-refractivity contribution in [3.8, 4) is 0 Å². The maximum absolute atomic E-state index is 12.2. The molecule has 0 atom stereocenters. The van der Waals surface area contributed by atoms with Crippen LogP contribution in [0.4, 0.5) is 0 Å². The number of aromatic nitrogens is 2. The summed E-state index contributed by atoms with van der Waals surface area (Å²) >= 11 is 0. The summed E-state index contributed by atoms with van der Waals surface area (Å²) in [4.78, 5) is 18.8. The van der Waals surface area contributed by atoms with Crippen LogP contribution in [0.2, 0.25) is 0 Å². The molecule has 140 valence electrons. The number of aromatic amines is 1. The van der Waals surface area contributed by atoms with Gasteiger partial charge in [-0.3, -0.25) is 10.0 Å². The van der Waals surface area contributed by atoms with Crippen LogP contribution in [-0.4, -0.2) is 36.0 Å². The zero-order valence-electron chi connectivity index (χ0n) is 14.2. The first-order valence-corrected chi connectivity index (χ1v) is 9.62. The first kappa shape index (κ1) is 18.8. The van der Waals surface area contributed by atoms with Crippen LogP contribution in [-0.2, 0) is 21.2 Å². The van der Waals surface area contributed by atoms with E-state index in [1.165, 1.54) is 23.7 Å². The van der Waals surface area contributed by atoms with Gasteiger partial charge < -0.3 is 4.98 Å². The largest absolute Gasteiger partial charge is 0.342 e. The Morgan fingerprint density at radius 2 is 1.96 bits per heavy atom. The second-order valence-corrected chi connectivity index (χ2v) is 7.50. The third-order valence-corrected chi connectivity index (χ3v) is 5.28. The van der Waals surface area contributed by atoms with Crippen molar-refractivity contribution >= 4 is 33.0 Å². The maximum atomic E-state index is 12.2. The van der Waals surface area contributed by atoms with E-state index in [4.69, 9.17) is 5.21 Å². The summed E-state index contributed by atoms with van der Waals surface area (Å²) in [6, 6.07) is 13.6. The van der Waals surface area contributed by atoms with Crippen molar-refractivity contribution in [2.24, 2.45) is 0 Å². The maximum Gasteiger partial charge on any atom is 0.267 e. The second kappa shape index (κ2) is 8.12. The summed E-state index contributed by atoms with van der Waals surface area (Å²) in [5, 5.41) is 8.48. The Hall–Kier alpha value is -3.01. The number of nitrogens with zero attached hydrogens (tertiary/aromatic N) is 1. The molecule has 0 spiro atoms. The van der Waals surface area contributed by atoms with Gasteiger partial charge in [0, 0.05) is 19.0 Å². The van der Waals surface area contributed by atoms with Crippen molar-refractivity contribution < 1.29 is 18.4 Å². The van der Waals surface area contributed by atoms with Crippen LogP contribution in [0.1, 0.15) is 11.4 Å². The number of hydrogen-bond donors (Lipinski definition) is 4. The molecule has 0 saturated heterocycles. The Kier molecular flexibility index (Phi) is 5.65. The molecule has 3 rings (SSSR count). The van der Waals surface area contributed by atoms with Crippen LogP contribution in [0, 0.1) is 0 Å². The fourth-order valence-electron chi connectivity index (χ4n) is 2.49. The molecule has 8 nitrogen and oxygen atoms in total. The minimum atomic E-state index is -3.54. The van der Waals surface area contributed by atoms with Gasteiger partial charge in [-0.15, -0.1) is 0 Å². The Morgan fingerprint density at radius 3 is 2.70 bits per heavy atom. The normalized spacial score (nSPS) is 11.9. The lowest BCUT2D eigenvalue weighted by Crippen LogP contribution is -2.26. The van der Waals surface area contributed by atoms with Gasteiger partial charge in [0.25, 0.3) is 5.91 Å². The molecule has 0 unspecified atom stereocenters. The van der Waals surface area contributed by atoms with E-state index in [2.05, 4.69) is 14.7 Å². The number of hydroxylamine groups is 1. The molecule has 0 aliphatic carbocycles. The molecule has 0 aliphatic heterocycles. The number of benzene rings is 2.